The molecule has 0 amide bonds. The van der Waals surface area contributed by atoms with E-state index in [1.807, 2.05) is 0 Å². The fourth-order valence-corrected chi connectivity index (χ4v) is 0. The Labute approximate surface area is 35.9 Å². The number of nitrogens with two attached hydrogens (primary N) is 1. The van der Waals surface area contributed by atoms with E-state index in [1.165, 1.54) is 0 Å². The smallest absolute Gasteiger partial charge is 0.211 e. The Morgan fingerprint density at radius 2 is 2.17 bits per heavy atom. The Balaban J connectivity index is 3.85. The van der Waals surface area contributed by atoms with E-state index in [0.29, 0.717) is 0 Å². The maximum Gasteiger partial charge on any atom is 0.211 e. The lowest BCUT2D eigenvalue weighted by molar-refractivity contribution is 0.316. The molecule has 0 fully saturated rings. The van der Waals surface area contributed by atoms with Gasteiger partial charge in [-0.05, 0) is 0 Å². The van der Waals surface area contributed by atoms with Crippen molar-refractivity contribution in [1.82, 2.24) is 0 Å². The lowest BCUT2D eigenvalue weighted by Gasteiger charge is -1.88. The topological polar surface area (TPSA) is 72.5 Å². The van der Waals surface area contributed by atoms with Crippen LogP contribution in [0.2, 0.25) is 0 Å². The van der Waals surface area contributed by atoms with E-state index >= 15 is 0 Å². The van der Waals surface area contributed by atoms with Crippen LogP contribution in [0.25, 0.3) is 0 Å². The van der Waals surface area contributed by atoms with Crippen LogP contribution < -0.4 is 5.90 Å². The first kappa shape index (κ1) is 5.90. The van der Waals surface area contributed by atoms with E-state index < -0.39 is 10.1 Å². The molecule has 3 N–H and O–H groups in total. The second-order valence-electron chi connectivity index (χ2n) is 0.678. The molecule has 0 bridgehead atoms. The van der Waals surface area contributed by atoms with Crippen molar-refractivity contribution in [3.63, 3.8) is 0 Å². The molecule has 0 rings (SSSR count). The van der Waals surface area contributed by atoms with Crippen LogP contribution in [0.15, 0.2) is 0 Å². The summed E-state index contributed by atoms with van der Waals surface area (Å²) in [5.41, 5.74) is 0. The Morgan fingerprint density at radius 3 is 2.17 bits per heavy atom. The lowest BCUT2D eigenvalue weighted by Crippen LogP contribution is -2.07. The Hall–Kier alpha value is -0.100. The summed E-state index contributed by atoms with van der Waals surface area (Å²) >= 11 is 0. The maximum absolute atomic E-state index is 9.65. The first-order chi connectivity index (χ1) is 2.56. The second kappa shape index (κ2) is 1.57. The average molecular weight is 111 g/mol. The normalized spacial score (nSPS) is 19.7. The van der Waals surface area contributed by atoms with E-state index in [0.717, 1.165) is 0 Å². The highest BCUT2D eigenvalue weighted by Gasteiger charge is 1.84. The van der Waals surface area contributed by atoms with Crippen molar-refractivity contribution >= 4 is 16.0 Å². The van der Waals surface area contributed by atoms with Gasteiger partial charge in [0.1, 0.15) is 0 Å². The molecule has 4 nitrogen and oxygen atoms in total. The van der Waals surface area contributed by atoms with Crippen LogP contribution in [0.5, 0.6) is 0 Å². The minimum Gasteiger partial charge on any atom is -0.293 e. The average Bonchev–Trinajstić information content (AvgIpc) is 1.35. The highest BCUT2D eigenvalue weighted by Crippen LogP contribution is 1.71. The number of hydrogen-bond donors (Lipinski definition) is 2. The molecule has 0 aliphatic rings. The Morgan fingerprint density at radius 1 is 2.00 bits per heavy atom. The summed E-state index contributed by atoms with van der Waals surface area (Å²) in [5, 5.41) is 0. The number of rotatable bonds is 1. The molecule has 0 saturated carbocycles. The summed E-state index contributed by atoms with van der Waals surface area (Å²) in [6.45, 7) is 0. The quantitative estimate of drug-likeness (QED) is 0.335. The molecular weight excluding hydrogens is 106 g/mol. The highest BCUT2D eigenvalue weighted by molar-refractivity contribution is 7.90. The van der Waals surface area contributed by atoms with Gasteiger partial charge in [0.25, 0.3) is 0 Å². The zero-order chi connectivity index (χ0) is 5.21. The van der Waals surface area contributed by atoms with Gasteiger partial charge in [0.2, 0.25) is 10.1 Å². The highest BCUT2D eigenvalue weighted by atomic mass is 32.2. The van der Waals surface area contributed by atoms with E-state index in [-0.39, 0.29) is 0 Å². The molecule has 0 saturated heterocycles. The molecule has 5 heteroatoms. The standard InChI is InChI=1S/CH5NO3S/c1-6(3,4)5-2/h1-2H2,(H,3,4). The van der Waals surface area contributed by atoms with Gasteiger partial charge in [-0.1, -0.05) is 0 Å². The van der Waals surface area contributed by atoms with Crippen LogP contribution in [-0.2, 0) is 14.4 Å². The predicted molar refractivity (Wildman–Crippen MR) is 23.2 cm³/mol. The molecule has 0 radical (unpaired) electrons. The number of hydrogen-bond acceptors (Lipinski definition) is 3. The van der Waals surface area contributed by atoms with Gasteiger partial charge in [-0.15, -0.1) is 0 Å². The van der Waals surface area contributed by atoms with Crippen LogP contribution in [0, 0.1) is 0 Å². The van der Waals surface area contributed by atoms with Crippen molar-refractivity contribution in [1.29, 1.82) is 0 Å². The molecule has 6 heavy (non-hydrogen) atoms. The van der Waals surface area contributed by atoms with Crippen LogP contribution >= 0.6 is 0 Å². The first-order valence-corrected chi connectivity index (χ1v) is 2.65. The van der Waals surface area contributed by atoms with Crippen LogP contribution in [0.1, 0.15) is 0 Å². The zero-order valence-corrected chi connectivity index (χ0v) is 3.77. The van der Waals surface area contributed by atoms with Gasteiger partial charge in [0.15, 0.2) is 0 Å². The van der Waals surface area contributed by atoms with Gasteiger partial charge in [-0.25, -0.2) is 4.21 Å². The van der Waals surface area contributed by atoms with E-state index in [2.05, 4.69) is 16.1 Å². The van der Waals surface area contributed by atoms with E-state index in [4.69, 9.17) is 4.55 Å². The van der Waals surface area contributed by atoms with Crippen molar-refractivity contribution in [2.75, 3.05) is 0 Å². The fraction of sp³-hybridized carbons (Fsp3) is 0. The molecule has 0 aliphatic carbocycles. The van der Waals surface area contributed by atoms with Crippen molar-refractivity contribution in [3.05, 3.63) is 0 Å². The zero-order valence-electron chi connectivity index (χ0n) is 2.96. The molecule has 38 valence electrons. The van der Waals surface area contributed by atoms with Gasteiger partial charge in [0, 0.05) is 5.87 Å². The third-order valence-electron chi connectivity index (χ3n) is 0.150. The summed E-state index contributed by atoms with van der Waals surface area (Å²) in [5.74, 6) is 6.84. The maximum atomic E-state index is 9.65. The van der Waals surface area contributed by atoms with Crippen LogP contribution in [0.3, 0.4) is 0 Å². The molecule has 1 unspecified atom stereocenters. The van der Waals surface area contributed by atoms with Gasteiger partial charge in [-0.2, -0.15) is 10.2 Å². The van der Waals surface area contributed by atoms with E-state index in [9.17, 15) is 4.21 Å². The molecular formula is CH5NO3S. The van der Waals surface area contributed by atoms with Gasteiger partial charge in [-0.3, -0.25) is 4.55 Å². The summed E-state index contributed by atoms with van der Waals surface area (Å²) in [7, 11) is -3.38. The summed E-state index contributed by atoms with van der Waals surface area (Å²) < 4.78 is 21.0. The Kier molecular flexibility index (Phi) is 1.54. The summed E-state index contributed by atoms with van der Waals surface area (Å²) in [6.07, 6.45) is 0. The van der Waals surface area contributed by atoms with Crippen molar-refractivity contribution in [3.8, 4) is 0 Å². The van der Waals surface area contributed by atoms with E-state index in [1.54, 1.807) is 0 Å². The molecule has 0 aromatic carbocycles. The summed E-state index contributed by atoms with van der Waals surface area (Å²) in [4.78, 5) is 0. The fourth-order valence-electron chi connectivity index (χ4n) is 0. The van der Waals surface area contributed by atoms with Crippen molar-refractivity contribution < 1.29 is 13.0 Å². The molecule has 0 spiro atoms. The van der Waals surface area contributed by atoms with Gasteiger partial charge >= 0.3 is 0 Å². The predicted octanol–water partition coefficient (Wildman–Crippen LogP) is -1.02. The SMILES string of the molecule is C=S(=O)(O)ON. The van der Waals surface area contributed by atoms with Crippen molar-refractivity contribution in [2.45, 2.75) is 0 Å². The summed E-state index contributed by atoms with van der Waals surface area (Å²) in [6, 6.07) is 0. The molecule has 0 heterocycles. The van der Waals surface area contributed by atoms with Crippen LogP contribution in [0.4, 0.5) is 0 Å². The lowest BCUT2D eigenvalue weighted by atomic mass is 12.0. The van der Waals surface area contributed by atoms with Crippen molar-refractivity contribution in [2.24, 2.45) is 5.90 Å². The largest absolute Gasteiger partial charge is 0.293 e. The second-order valence-corrected chi connectivity index (χ2v) is 2.03. The minimum absolute atomic E-state index is 2.62. The molecule has 1 atom stereocenters. The monoisotopic (exact) mass is 111 g/mol. The van der Waals surface area contributed by atoms with Crippen LogP contribution in [-0.4, -0.2) is 14.6 Å². The van der Waals surface area contributed by atoms with Gasteiger partial charge < -0.3 is 0 Å². The molecule has 0 aromatic heterocycles. The Bertz CT molecular complexity index is 113. The molecule has 0 aliphatic heterocycles. The third-order valence-corrected chi connectivity index (χ3v) is 0.451. The van der Waals surface area contributed by atoms with Gasteiger partial charge in [0.05, 0.1) is 0 Å². The molecule has 0 aromatic rings. The third kappa shape index (κ3) is 3.90. The first-order valence-electron chi connectivity index (χ1n) is 1.04. The minimum atomic E-state index is -3.38.